The van der Waals surface area contributed by atoms with Crippen LogP contribution in [-0.2, 0) is 4.79 Å². The first-order chi connectivity index (χ1) is 8.19. The van der Waals surface area contributed by atoms with Crippen LogP contribution in [-0.4, -0.2) is 47.3 Å². The first-order valence-electron chi connectivity index (χ1n) is 5.49. The highest BCUT2D eigenvalue weighted by molar-refractivity contribution is 5.73. The minimum atomic E-state index is 0.00148. The number of hydrogen-bond donors (Lipinski definition) is 0. The van der Waals surface area contributed by atoms with E-state index in [-0.39, 0.29) is 12.0 Å². The third-order valence-electron chi connectivity index (χ3n) is 2.70. The van der Waals surface area contributed by atoms with E-state index in [0.29, 0.717) is 18.3 Å². The number of amides is 1. The maximum absolute atomic E-state index is 11.2. The van der Waals surface area contributed by atoms with Crippen molar-refractivity contribution in [3.05, 3.63) is 12.1 Å². The van der Waals surface area contributed by atoms with Gasteiger partial charge in [-0.05, 0) is 0 Å². The molecule has 0 aromatic carbocycles. The summed E-state index contributed by atoms with van der Waals surface area (Å²) in [6.07, 6.45) is 0.828. The predicted molar refractivity (Wildman–Crippen MR) is 59.9 cm³/mol. The summed E-state index contributed by atoms with van der Waals surface area (Å²) in [5, 5.41) is 7.70. The van der Waals surface area contributed by atoms with E-state index in [2.05, 4.69) is 10.2 Å². The molecule has 1 aromatic rings. The molecule has 1 fully saturated rings. The van der Waals surface area contributed by atoms with Crippen LogP contribution in [0.15, 0.2) is 12.1 Å². The molecule has 0 bridgehead atoms. The molecule has 1 unspecified atom stereocenters. The second kappa shape index (κ2) is 4.99. The first kappa shape index (κ1) is 11.6. The lowest BCUT2D eigenvalue weighted by atomic mass is 10.3. The van der Waals surface area contributed by atoms with Gasteiger partial charge in [-0.3, -0.25) is 4.79 Å². The van der Waals surface area contributed by atoms with E-state index in [1.165, 1.54) is 7.11 Å². The fourth-order valence-electron chi connectivity index (χ4n) is 1.76. The van der Waals surface area contributed by atoms with Crippen molar-refractivity contribution in [3.63, 3.8) is 0 Å². The zero-order valence-corrected chi connectivity index (χ0v) is 9.92. The van der Waals surface area contributed by atoms with Crippen molar-refractivity contribution in [3.8, 4) is 11.8 Å². The van der Waals surface area contributed by atoms with Gasteiger partial charge in [0.1, 0.15) is 6.10 Å². The molecule has 1 atom stereocenters. The Kier molecular flexibility index (Phi) is 3.41. The first-order valence-corrected chi connectivity index (χ1v) is 5.49. The van der Waals surface area contributed by atoms with Gasteiger partial charge in [-0.2, -0.15) is 0 Å². The Bertz CT molecular complexity index is 393. The summed E-state index contributed by atoms with van der Waals surface area (Å²) in [6.45, 7) is 2.92. The molecular formula is C11H15N3O3. The minimum Gasteiger partial charge on any atom is -0.480 e. The molecule has 1 aliphatic heterocycles. The fourth-order valence-corrected chi connectivity index (χ4v) is 1.76. The van der Waals surface area contributed by atoms with E-state index < -0.39 is 0 Å². The molecule has 0 aliphatic carbocycles. The van der Waals surface area contributed by atoms with E-state index in [0.717, 1.165) is 13.0 Å². The Hall–Kier alpha value is -1.85. The number of aromatic nitrogens is 2. The topological polar surface area (TPSA) is 64.6 Å². The average Bonchev–Trinajstić information content (AvgIpc) is 2.79. The predicted octanol–water partition coefficient (Wildman–Crippen LogP) is 0.485. The summed E-state index contributed by atoms with van der Waals surface area (Å²) >= 11 is 0. The van der Waals surface area contributed by atoms with Crippen LogP contribution >= 0.6 is 0 Å². The molecule has 0 saturated carbocycles. The van der Waals surface area contributed by atoms with E-state index in [1.807, 2.05) is 0 Å². The van der Waals surface area contributed by atoms with Gasteiger partial charge in [0.2, 0.25) is 17.7 Å². The maximum Gasteiger partial charge on any atom is 0.233 e. The van der Waals surface area contributed by atoms with E-state index in [4.69, 9.17) is 9.47 Å². The molecule has 2 heterocycles. The molecule has 6 heteroatoms. The highest BCUT2D eigenvalue weighted by Gasteiger charge is 2.25. The molecule has 1 saturated heterocycles. The van der Waals surface area contributed by atoms with Crippen molar-refractivity contribution in [2.45, 2.75) is 19.4 Å². The normalized spacial score (nSPS) is 19.2. The second-order valence-corrected chi connectivity index (χ2v) is 3.91. The summed E-state index contributed by atoms with van der Waals surface area (Å²) in [5.74, 6) is 0.993. The number of likely N-dealkylation sites (tertiary alicyclic amines) is 1. The number of carbonyl (C=O) groups is 1. The Morgan fingerprint density at radius 2 is 2.12 bits per heavy atom. The zero-order valence-electron chi connectivity index (χ0n) is 9.92. The third kappa shape index (κ3) is 2.83. The second-order valence-electron chi connectivity index (χ2n) is 3.91. The summed E-state index contributed by atoms with van der Waals surface area (Å²) in [5.41, 5.74) is 0. The number of carbonyl (C=O) groups excluding carboxylic acids is 1. The Balaban J connectivity index is 1.91. The van der Waals surface area contributed by atoms with Gasteiger partial charge >= 0.3 is 0 Å². The van der Waals surface area contributed by atoms with Crippen LogP contribution in [0, 0.1) is 0 Å². The molecule has 17 heavy (non-hydrogen) atoms. The molecule has 0 spiro atoms. The van der Waals surface area contributed by atoms with Crippen LogP contribution in [0.4, 0.5) is 0 Å². The van der Waals surface area contributed by atoms with Crippen LogP contribution in [0.3, 0.4) is 0 Å². The van der Waals surface area contributed by atoms with Gasteiger partial charge in [0.05, 0.1) is 13.7 Å². The van der Waals surface area contributed by atoms with Crippen LogP contribution in [0.5, 0.6) is 11.8 Å². The van der Waals surface area contributed by atoms with Crippen LogP contribution < -0.4 is 9.47 Å². The highest BCUT2D eigenvalue weighted by atomic mass is 16.5. The van der Waals surface area contributed by atoms with Gasteiger partial charge < -0.3 is 14.4 Å². The molecule has 0 radical (unpaired) electrons. The van der Waals surface area contributed by atoms with Gasteiger partial charge in [-0.15, -0.1) is 10.2 Å². The Morgan fingerprint density at radius 1 is 1.41 bits per heavy atom. The van der Waals surface area contributed by atoms with Gasteiger partial charge in [-0.1, -0.05) is 0 Å². The van der Waals surface area contributed by atoms with Crippen LogP contribution in [0.1, 0.15) is 13.3 Å². The summed E-state index contributed by atoms with van der Waals surface area (Å²) in [6, 6.07) is 3.41. The van der Waals surface area contributed by atoms with Crippen LogP contribution in [0.25, 0.3) is 0 Å². The number of hydrogen-bond acceptors (Lipinski definition) is 5. The van der Waals surface area contributed by atoms with Gasteiger partial charge in [0, 0.05) is 32.0 Å². The quantitative estimate of drug-likeness (QED) is 0.765. The largest absolute Gasteiger partial charge is 0.480 e. The SMILES string of the molecule is COc1ccc(OC2CCN(C(C)=O)C2)nn1. The van der Waals surface area contributed by atoms with Crippen molar-refractivity contribution in [2.75, 3.05) is 20.2 Å². The minimum absolute atomic E-state index is 0.00148. The number of rotatable bonds is 3. The van der Waals surface area contributed by atoms with Crippen molar-refractivity contribution >= 4 is 5.91 Å². The molecule has 1 aromatic heterocycles. The van der Waals surface area contributed by atoms with E-state index in [9.17, 15) is 4.79 Å². The number of methoxy groups -OCH3 is 1. The molecule has 2 rings (SSSR count). The van der Waals surface area contributed by atoms with Crippen molar-refractivity contribution < 1.29 is 14.3 Å². The molecule has 0 N–H and O–H groups in total. The molecule has 1 amide bonds. The standard InChI is InChI=1S/C11H15N3O3/c1-8(15)14-6-5-9(7-14)17-11-4-3-10(16-2)12-13-11/h3-4,9H,5-7H2,1-2H3. The number of ether oxygens (including phenoxy) is 2. The monoisotopic (exact) mass is 237 g/mol. The zero-order chi connectivity index (χ0) is 12.3. The lowest BCUT2D eigenvalue weighted by molar-refractivity contribution is -0.128. The van der Waals surface area contributed by atoms with Crippen molar-refractivity contribution in [2.24, 2.45) is 0 Å². The van der Waals surface area contributed by atoms with Gasteiger partial charge in [0.15, 0.2) is 0 Å². The molecule has 1 aliphatic rings. The summed E-state index contributed by atoms with van der Waals surface area (Å²) in [4.78, 5) is 12.9. The Morgan fingerprint density at radius 3 is 2.65 bits per heavy atom. The van der Waals surface area contributed by atoms with Crippen molar-refractivity contribution in [1.29, 1.82) is 0 Å². The van der Waals surface area contributed by atoms with E-state index >= 15 is 0 Å². The summed E-state index contributed by atoms with van der Waals surface area (Å²) < 4.78 is 10.5. The van der Waals surface area contributed by atoms with Crippen LogP contribution in [0.2, 0.25) is 0 Å². The van der Waals surface area contributed by atoms with Gasteiger partial charge in [0.25, 0.3) is 0 Å². The smallest absolute Gasteiger partial charge is 0.233 e. The average molecular weight is 237 g/mol. The molecule has 92 valence electrons. The van der Waals surface area contributed by atoms with Crippen molar-refractivity contribution in [1.82, 2.24) is 15.1 Å². The fraction of sp³-hybridized carbons (Fsp3) is 0.545. The lowest BCUT2D eigenvalue weighted by Crippen LogP contribution is -2.28. The Labute approximate surface area is 99.5 Å². The molecular weight excluding hydrogens is 222 g/mol. The summed E-state index contributed by atoms with van der Waals surface area (Å²) in [7, 11) is 1.53. The maximum atomic E-state index is 11.2. The third-order valence-corrected chi connectivity index (χ3v) is 2.70. The van der Waals surface area contributed by atoms with Gasteiger partial charge in [-0.25, -0.2) is 0 Å². The van der Waals surface area contributed by atoms with E-state index in [1.54, 1.807) is 24.0 Å². The molecule has 6 nitrogen and oxygen atoms in total. The highest BCUT2D eigenvalue weighted by Crippen LogP contribution is 2.17. The number of nitrogens with zero attached hydrogens (tertiary/aromatic N) is 3. The lowest BCUT2D eigenvalue weighted by Gasteiger charge is -2.14.